The van der Waals surface area contributed by atoms with Crippen molar-refractivity contribution in [2.24, 2.45) is 29.6 Å². The number of hydrazine groups is 1. The summed E-state index contributed by atoms with van der Waals surface area (Å²) >= 11 is 0. The van der Waals surface area contributed by atoms with Gasteiger partial charge in [0.2, 0.25) is 11.8 Å². The summed E-state index contributed by atoms with van der Waals surface area (Å²) in [6.45, 7) is 2.82. The summed E-state index contributed by atoms with van der Waals surface area (Å²) in [5.74, 6) is -3.22. The summed E-state index contributed by atoms with van der Waals surface area (Å²) in [6, 6.07) is 7.22. The van der Waals surface area contributed by atoms with Gasteiger partial charge in [-0.05, 0) is 49.1 Å². The maximum Gasteiger partial charge on any atom is 0.330 e. The van der Waals surface area contributed by atoms with E-state index >= 15 is 0 Å². The van der Waals surface area contributed by atoms with Crippen molar-refractivity contribution in [3.63, 3.8) is 0 Å². The van der Waals surface area contributed by atoms with Gasteiger partial charge in [0.25, 0.3) is 11.8 Å². The van der Waals surface area contributed by atoms with Crippen molar-refractivity contribution in [2.75, 3.05) is 6.61 Å². The molecule has 0 radical (unpaired) electrons. The summed E-state index contributed by atoms with van der Waals surface area (Å²) in [5, 5.41) is 0. The average molecular weight is 441 g/mol. The summed E-state index contributed by atoms with van der Waals surface area (Å²) in [6.07, 6.45) is 2.81. The molecule has 9 heteroatoms. The minimum absolute atomic E-state index is 0.217. The Kier molecular flexibility index (Phi) is 5.99. The summed E-state index contributed by atoms with van der Waals surface area (Å²) in [5.41, 5.74) is 4.78. The van der Waals surface area contributed by atoms with Gasteiger partial charge in [-0.1, -0.05) is 32.0 Å². The van der Waals surface area contributed by atoms with Crippen LogP contribution in [-0.2, 0) is 23.9 Å². The SMILES string of the molecule is CC(C)[C@H](C(=O)OCC(=O)NNC(=O)c1ccccc1)N1C(=O)[C@@H]2[C@H]3CC[C@@H](C3)[C@H]2C1=O. The quantitative estimate of drug-likeness (QED) is 0.387. The number of ether oxygens (including phenoxy) is 1. The molecule has 9 nitrogen and oxygen atoms in total. The van der Waals surface area contributed by atoms with Gasteiger partial charge in [0.15, 0.2) is 6.61 Å². The third-order valence-electron chi connectivity index (χ3n) is 6.81. The van der Waals surface area contributed by atoms with Crippen molar-refractivity contribution in [2.45, 2.75) is 39.2 Å². The Balaban J connectivity index is 1.34. The number of rotatable bonds is 6. The van der Waals surface area contributed by atoms with Crippen molar-refractivity contribution in [1.29, 1.82) is 0 Å². The van der Waals surface area contributed by atoms with Crippen molar-refractivity contribution >= 4 is 29.6 Å². The van der Waals surface area contributed by atoms with E-state index in [1.807, 2.05) is 0 Å². The minimum Gasteiger partial charge on any atom is -0.454 e. The molecule has 3 fully saturated rings. The highest BCUT2D eigenvalue weighted by molar-refractivity contribution is 6.08. The normalized spacial score (nSPS) is 26.8. The minimum atomic E-state index is -1.08. The zero-order chi connectivity index (χ0) is 23.0. The van der Waals surface area contributed by atoms with E-state index in [0.29, 0.717) is 5.56 Å². The topological polar surface area (TPSA) is 122 Å². The molecule has 0 aromatic heterocycles. The number of carbonyl (C=O) groups is 5. The Morgan fingerprint density at radius 2 is 1.59 bits per heavy atom. The Morgan fingerprint density at radius 3 is 2.16 bits per heavy atom. The molecular weight excluding hydrogens is 414 g/mol. The second-order valence-corrected chi connectivity index (χ2v) is 9.10. The van der Waals surface area contributed by atoms with E-state index < -0.39 is 30.4 Å². The first-order chi connectivity index (χ1) is 15.3. The van der Waals surface area contributed by atoms with E-state index in [-0.39, 0.29) is 41.4 Å². The van der Waals surface area contributed by atoms with E-state index in [1.165, 1.54) is 0 Å². The maximum absolute atomic E-state index is 13.1. The lowest BCUT2D eigenvalue weighted by molar-refractivity contribution is -0.162. The van der Waals surface area contributed by atoms with Crippen LogP contribution in [0.3, 0.4) is 0 Å². The molecule has 2 bridgehead atoms. The Labute approximate surface area is 185 Å². The van der Waals surface area contributed by atoms with Crippen LogP contribution < -0.4 is 10.9 Å². The average Bonchev–Trinajstić information content (AvgIpc) is 3.46. The second kappa shape index (κ2) is 8.72. The van der Waals surface area contributed by atoms with Gasteiger partial charge >= 0.3 is 5.97 Å². The number of nitrogens with zero attached hydrogens (tertiary/aromatic N) is 1. The summed E-state index contributed by atoms with van der Waals surface area (Å²) < 4.78 is 5.12. The molecule has 2 saturated carbocycles. The molecule has 170 valence electrons. The number of hydrogen-bond acceptors (Lipinski definition) is 6. The Hall–Kier alpha value is -3.23. The molecule has 3 aliphatic rings. The fourth-order valence-corrected chi connectivity index (χ4v) is 5.43. The molecule has 2 aliphatic carbocycles. The Morgan fingerprint density at radius 1 is 1.00 bits per heavy atom. The highest BCUT2D eigenvalue weighted by Crippen LogP contribution is 2.56. The Bertz CT molecular complexity index is 918. The maximum atomic E-state index is 13.1. The first-order valence-electron chi connectivity index (χ1n) is 11.0. The monoisotopic (exact) mass is 441 g/mol. The molecule has 1 aromatic carbocycles. The third kappa shape index (κ3) is 3.87. The van der Waals surface area contributed by atoms with Crippen LogP contribution in [0.1, 0.15) is 43.5 Å². The number of imide groups is 1. The van der Waals surface area contributed by atoms with Crippen LogP contribution in [0.2, 0.25) is 0 Å². The number of esters is 1. The summed E-state index contributed by atoms with van der Waals surface area (Å²) in [4.78, 5) is 64.0. The van der Waals surface area contributed by atoms with E-state index in [9.17, 15) is 24.0 Å². The van der Waals surface area contributed by atoms with Gasteiger partial charge in [-0.25, -0.2) is 4.79 Å². The highest BCUT2D eigenvalue weighted by Gasteiger charge is 2.62. The van der Waals surface area contributed by atoms with Gasteiger partial charge in [0, 0.05) is 5.56 Å². The van der Waals surface area contributed by atoms with E-state index in [0.717, 1.165) is 24.2 Å². The van der Waals surface area contributed by atoms with Crippen LogP contribution in [0.15, 0.2) is 30.3 Å². The van der Waals surface area contributed by atoms with Gasteiger partial charge < -0.3 is 4.74 Å². The fourth-order valence-electron chi connectivity index (χ4n) is 5.43. The van der Waals surface area contributed by atoms with Crippen molar-refractivity contribution < 1.29 is 28.7 Å². The molecule has 4 amide bonds. The molecule has 5 atom stereocenters. The van der Waals surface area contributed by atoms with Gasteiger partial charge in [0.1, 0.15) is 6.04 Å². The fraction of sp³-hybridized carbons (Fsp3) is 0.522. The van der Waals surface area contributed by atoms with Crippen molar-refractivity contribution in [1.82, 2.24) is 15.8 Å². The number of benzene rings is 1. The zero-order valence-electron chi connectivity index (χ0n) is 18.1. The first-order valence-corrected chi connectivity index (χ1v) is 11.0. The van der Waals surface area contributed by atoms with Gasteiger partial charge in [-0.15, -0.1) is 0 Å². The molecule has 32 heavy (non-hydrogen) atoms. The molecule has 0 spiro atoms. The van der Waals surface area contributed by atoms with Gasteiger partial charge in [0.05, 0.1) is 11.8 Å². The van der Waals surface area contributed by atoms with Crippen LogP contribution in [0.4, 0.5) is 0 Å². The van der Waals surface area contributed by atoms with E-state index in [1.54, 1.807) is 44.2 Å². The van der Waals surface area contributed by atoms with E-state index in [2.05, 4.69) is 10.9 Å². The van der Waals surface area contributed by atoms with Crippen LogP contribution in [0.25, 0.3) is 0 Å². The number of fused-ring (bicyclic) bond motifs is 5. The predicted molar refractivity (Wildman–Crippen MR) is 111 cm³/mol. The summed E-state index contributed by atoms with van der Waals surface area (Å²) in [7, 11) is 0. The first kappa shape index (κ1) is 22.0. The molecule has 1 aromatic rings. The zero-order valence-corrected chi connectivity index (χ0v) is 18.1. The second-order valence-electron chi connectivity index (χ2n) is 9.10. The lowest BCUT2D eigenvalue weighted by Gasteiger charge is -2.28. The van der Waals surface area contributed by atoms with Crippen molar-refractivity contribution in [3.8, 4) is 0 Å². The molecule has 4 rings (SSSR count). The number of carbonyl (C=O) groups excluding carboxylic acids is 5. The van der Waals surface area contributed by atoms with E-state index in [4.69, 9.17) is 4.74 Å². The standard InChI is InChI=1S/C23H27N3O6/c1-12(2)19(26-21(29)17-14-8-9-15(10-14)18(17)22(26)30)23(31)32-11-16(27)24-25-20(28)13-6-4-3-5-7-13/h3-7,12,14-15,17-19H,8-11H2,1-2H3,(H,24,27)(H,25,28)/t14-,15-,17+,18+,19+/m0/s1. The van der Waals surface area contributed by atoms with Gasteiger partial charge in [-0.2, -0.15) is 0 Å². The van der Waals surface area contributed by atoms with Gasteiger partial charge in [-0.3, -0.25) is 34.9 Å². The highest BCUT2D eigenvalue weighted by atomic mass is 16.5. The predicted octanol–water partition coefficient (Wildman–Crippen LogP) is 1.05. The number of amides is 4. The van der Waals surface area contributed by atoms with Crippen LogP contribution >= 0.6 is 0 Å². The molecule has 2 N–H and O–H groups in total. The number of hydrogen-bond donors (Lipinski definition) is 2. The molecule has 0 unspecified atom stereocenters. The van der Waals surface area contributed by atoms with Crippen LogP contribution in [-0.4, -0.2) is 47.1 Å². The largest absolute Gasteiger partial charge is 0.454 e. The number of nitrogens with one attached hydrogen (secondary N) is 2. The third-order valence-corrected chi connectivity index (χ3v) is 6.81. The molecular formula is C23H27N3O6. The lowest BCUT2D eigenvalue weighted by atomic mass is 9.81. The smallest absolute Gasteiger partial charge is 0.330 e. The molecule has 1 saturated heterocycles. The number of likely N-dealkylation sites (tertiary alicyclic amines) is 1. The van der Waals surface area contributed by atoms with Crippen molar-refractivity contribution in [3.05, 3.63) is 35.9 Å². The molecule has 1 heterocycles. The lowest BCUT2D eigenvalue weighted by Crippen LogP contribution is -2.50. The van der Waals surface area contributed by atoms with Crippen LogP contribution in [0.5, 0.6) is 0 Å². The van der Waals surface area contributed by atoms with Crippen LogP contribution in [0, 0.1) is 29.6 Å². The molecule has 1 aliphatic heterocycles.